The molecule has 0 aliphatic heterocycles. The number of carboxylic acid groups (broad SMARTS) is 4. The average Bonchev–Trinajstić information content (AvgIpc) is 0.735. The molecule has 11 aromatic carbocycles. The largest absolute Gasteiger partial charge is 0.486 e. The number of carboxylic acids is 4. The summed E-state index contributed by atoms with van der Waals surface area (Å²) in [4.78, 5) is 48.6. The van der Waals surface area contributed by atoms with Gasteiger partial charge in [-0.2, -0.15) is 0 Å². The molecular weight excluding hydrogens is 1510 g/mol. The molecule has 620 valence electrons. The molecule has 5 N–H and O–H groups in total. The van der Waals surface area contributed by atoms with Crippen LogP contribution < -0.4 is 24.3 Å². The van der Waals surface area contributed by atoms with Gasteiger partial charge < -0.3 is 44.7 Å². The van der Waals surface area contributed by atoms with Crippen LogP contribution in [0, 0.1) is 41.0 Å². The number of ether oxygens (including phenoxy) is 4. The van der Waals surface area contributed by atoms with E-state index in [-0.39, 0.29) is 73.9 Å². The van der Waals surface area contributed by atoms with Crippen LogP contribution in [0.2, 0.25) is 0 Å². The first kappa shape index (κ1) is 87.9. The normalized spacial score (nSPS) is 16.6. The highest BCUT2D eigenvalue weighted by Gasteiger charge is 2.51. The summed E-state index contributed by atoms with van der Waals surface area (Å²) in [7, 11) is 5.30. The molecule has 0 amide bonds. The summed E-state index contributed by atoms with van der Waals surface area (Å²) in [5.74, 6) is 0.975. The van der Waals surface area contributed by atoms with E-state index in [2.05, 4.69) is 53.8 Å². The maximum Gasteiger partial charge on any atom is 0.317 e. The van der Waals surface area contributed by atoms with Crippen molar-refractivity contribution in [2.24, 2.45) is 17.8 Å². The van der Waals surface area contributed by atoms with Gasteiger partial charge in [-0.25, -0.2) is 17.6 Å². The van der Waals surface area contributed by atoms with Crippen molar-refractivity contribution in [3.05, 3.63) is 336 Å². The number of nitrogens with zero attached hydrogens (tertiary/aromatic N) is 3. The van der Waals surface area contributed by atoms with E-state index in [1.54, 1.807) is 84.4 Å². The Labute approximate surface area is 694 Å². The molecule has 0 saturated heterocycles. The van der Waals surface area contributed by atoms with E-state index in [1.165, 1.54) is 92.6 Å². The van der Waals surface area contributed by atoms with Gasteiger partial charge in [0.2, 0.25) is 0 Å². The minimum absolute atomic E-state index is 0.0180. The van der Waals surface area contributed by atoms with Gasteiger partial charge in [0.15, 0.2) is 0 Å². The lowest BCUT2D eigenvalue weighted by atomic mass is 9.48. The summed E-state index contributed by atoms with van der Waals surface area (Å²) in [5, 5.41) is 38.5. The zero-order valence-corrected chi connectivity index (χ0v) is 67.3. The summed E-state index contributed by atoms with van der Waals surface area (Å²) in [6, 6.07) is 87.4. The number of benzene rings is 11. The fraction of sp³-hybridized carbons (Fsp3) is 0.293. The van der Waals surface area contributed by atoms with Crippen LogP contribution in [0.3, 0.4) is 0 Å². The van der Waals surface area contributed by atoms with E-state index < -0.39 is 23.9 Å². The number of carbonyl (C=O) groups is 4. The Morgan fingerprint density at radius 2 is 0.580 bits per heavy atom. The number of rotatable bonds is 36. The van der Waals surface area contributed by atoms with Crippen molar-refractivity contribution in [3.8, 4) is 56.4 Å². The van der Waals surface area contributed by atoms with Crippen molar-refractivity contribution in [2.45, 2.75) is 94.0 Å². The maximum atomic E-state index is 13.5. The lowest BCUT2D eigenvalue weighted by molar-refractivity contribution is -0.139. The Morgan fingerprint density at radius 1 is 0.336 bits per heavy atom. The topological polar surface area (TPSA) is 208 Å². The number of likely N-dealkylation sites (N-methyl/N-ethyl adjacent to an activating group) is 3. The number of hydrogen-bond donors (Lipinski definition) is 5. The van der Waals surface area contributed by atoms with Gasteiger partial charge in [0.25, 0.3) is 0 Å². The smallest absolute Gasteiger partial charge is 0.317 e. The standard InChI is InChI=1S/C28H34FNO3.2C24H24FNO3.C23H22FNO3/c1-30(18-27(31)32)11-10-26(22-2-6-24(29)7-3-22)33-25-8-4-23(5-9-25)28-15-19-12-20(16-28)14-21(13-19)17-28;2*1-26(17-24(27)28)16-15-23(20-7-11-21(25)12-8-20)29-22-13-9-19(10-14-22)18-5-3-2-4-6-18;24-20-10-6-19(7-11-20)22(14-15-25-16-23(26)27)28-21-12-8-18(9-13-21)17-4-2-1-3-5-17/h2-9,19-21,26H,10-18H2,1H3,(H,31,32);2*2-14,23H,15-17H2,1H3,(H,27,28);1-13,22,25H,14-16H2,(H,26,27)/t19?,20?,21?,26-,28?;2*23-;22-/m1101/s1. The third kappa shape index (κ3) is 27.9. The van der Waals surface area contributed by atoms with Crippen molar-refractivity contribution < 1.29 is 76.1 Å². The first-order valence-electron chi connectivity index (χ1n) is 40.4. The Hall–Kier alpha value is -11.9. The highest BCUT2D eigenvalue weighted by molar-refractivity contribution is 5.71. The molecule has 4 bridgehead atoms. The van der Waals surface area contributed by atoms with Gasteiger partial charge in [0.05, 0.1) is 26.2 Å². The second-order valence-corrected chi connectivity index (χ2v) is 31.1. The van der Waals surface area contributed by atoms with Crippen LogP contribution in [0.15, 0.2) is 285 Å². The summed E-state index contributed by atoms with van der Waals surface area (Å²) >= 11 is 0. The molecule has 0 heterocycles. The summed E-state index contributed by atoms with van der Waals surface area (Å²) in [6.07, 6.45) is 9.47. The molecule has 4 atom stereocenters. The van der Waals surface area contributed by atoms with Gasteiger partial charge in [-0.3, -0.25) is 33.9 Å². The molecule has 16 nitrogen and oxygen atoms in total. The third-order valence-corrected chi connectivity index (χ3v) is 21.9. The Kier molecular flexibility index (Phi) is 32.5. The van der Waals surface area contributed by atoms with Gasteiger partial charge in [-0.15, -0.1) is 0 Å². The molecule has 15 rings (SSSR count). The number of aliphatic carboxylic acids is 4. The summed E-state index contributed by atoms with van der Waals surface area (Å²) < 4.78 is 78.3. The molecule has 4 aliphatic carbocycles. The SMILES string of the molecule is CN(CC[C@@H](Oc1ccc(-c2ccccc2)cc1)c1ccc(F)cc1)CC(=O)O.CN(CC[C@@H](Oc1ccc(C23CC4CC(CC(C4)C2)C3)cc1)c1ccc(F)cc1)CC(=O)O.CN(CC[C@H](Oc1ccc(-c2ccccc2)cc1)c1ccc(F)cc1)CC(=O)O.O=C(O)CNCC[C@@H](Oc1ccc(-c2ccccc2)cc1)c1ccc(F)cc1. The van der Waals surface area contributed by atoms with Gasteiger partial charge in [0.1, 0.15) is 70.7 Å². The van der Waals surface area contributed by atoms with Crippen LogP contribution in [0.25, 0.3) is 33.4 Å². The van der Waals surface area contributed by atoms with Gasteiger partial charge in [-0.1, -0.05) is 188 Å². The highest BCUT2D eigenvalue weighted by Crippen LogP contribution is 2.61. The van der Waals surface area contributed by atoms with E-state index in [4.69, 9.17) is 39.4 Å². The molecule has 11 aromatic rings. The van der Waals surface area contributed by atoms with E-state index >= 15 is 0 Å². The van der Waals surface area contributed by atoms with Crippen LogP contribution in [-0.4, -0.2) is 133 Å². The van der Waals surface area contributed by atoms with E-state index in [9.17, 15) is 36.7 Å². The number of halogens is 4. The fourth-order valence-corrected chi connectivity index (χ4v) is 16.3. The van der Waals surface area contributed by atoms with Crippen LogP contribution in [0.1, 0.15) is 116 Å². The minimum atomic E-state index is -0.907. The van der Waals surface area contributed by atoms with Gasteiger partial charge in [-0.05, 0) is 248 Å². The second-order valence-electron chi connectivity index (χ2n) is 31.1. The Bertz CT molecular complexity index is 4730. The lowest BCUT2D eigenvalue weighted by Gasteiger charge is -2.57. The van der Waals surface area contributed by atoms with Crippen LogP contribution in [0.5, 0.6) is 23.0 Å². The molecule has 4 fully saturated rings. The summed E-state index contributed by atoms with van der Waals surface area (Å²) in [6.45, 7) is 1.91. The molecule has 119 heavy (non-hydrogen) atoms. The zero-order chi connectivity index (χ0) is 84.1. The molecule has 0 spiro atoms. The maximum absolute atomic E-state index is 13.5. The first-order chi connectivity index (χ1) is 57.5. The highest BCUT2D eigenvalue weighted by atomic mass is 19.1. The third-order valence-electron chi connectivity index (χ3n) is 21.9. The Balaban J connectivity index is 0.000000156. The minimum Gasteiger partial charge on any atom is -0.486 e. The van der Waals surface area contributed by atoms with E-state index in [1.807, 2.05) is 140 Å². The van der Waals surface area contributed by atoms with Crippen molar-refractivity contribution in [1.82, 2.24) is 20.0 Å². The monoisotopic (exact) mass is 1620 g/mol. The molecule has 0 aromatic heterocycles. The fourth-order valence-electron chi connectivity index (χ4n) is 16.3. The molecular formula is C99H104F4N4O12. The predicted octanol–water partition coefficient (Wildman–Crippen LogP) is 20.5. The van der Waals surface area contributed by atoms with Crippen LogP contribution >= 0.6 is 0 Å². The van der Waals surface area contributed by atoms with Crippen molar-refractivity contribution >= 4 is 23.9 Å². The molecule has 20 heteroatoms. The predicted molar refractivity (Wildman–Crippen MR) is 455 cm³/mol. The number of nitrogens with one attached hydrogen (secondary N) is 1. The van der Waals surface area contributed by atoms with Gasteiger partial charge >= 0.3 is 23.9 Å². The van der Waals surface area contributed by atoms with E-state index in [0.717, 1.165) is 79.1 Å². The quantitative estimate of drug-likeness (QED) is 0.0183. The first-order valence-corrected chi connectivity index (χ1v) is 40.4. The average molecular weight is 1620 g/mol. The van der Waals surface area contributed by atoms with E-state index in [0.29, 0.717) is 74.5 Å². The van der Waals surface area contributed by atoms with Crippen LogP contribution in [-0.2, 0) is 24.6 Å². The Morgan fingerprint density at radius 3 is 0.832 bits per heavy atom. The second kappa shape index (κ2) is 44.0. The molecule has 0 radical (unpaired) electrons. The van der Waals surface area contributed by atoms with Crippen LogP contribution in [0.4, 0.5) is 17.6 Å². The van der Waals surface area contributed by atoms with Crippen molar-refractivity contribution in [3.63, 3.8) is 0 Å². The molecule has 4 saturated carbocycles. The molecule has 4 aliphatic rings. The van der Waals surface area contributed by atoms with Crippen molar-refractivity contribution in [1.29, 1.82) is 0 Å². The lowest BCUT2D eigenvalue weighted by Crippen LogP contribution is -2.48. The zero-order valence-electron chi connectivity index (χ0n) is 67.3. The number of hydrogen-bond acceptors (Lipinski definition) is 12. The van der Waals surface area contributed by atoms with Crippen molar-refractivity contribution in [2.75, 3.05) is 73.5 Å². The molecule has 0 unspecified atom stereocenters. The van der Waals surface area contributed by atoms with Gasteiger partial charge in [0, 0.05) is 45.3 Å². The summed E-state index contributed by atoms with van der Waals surface area (Å²) in [5.41, 5.74) is 11.9.